The van der Waals surface area contributed by atoms with Crippen molar-refractivity contribution >= 4 is 23.9 Å². The molecule has 1 aliphatic heterocycles. The summed E-state index contributed by atoms with van der Waals surface area (Å²) in [5.74, 6) is -2.14. The van der Waals surface area contributed by atoms with Crippen LogP contribution in [-0.2, 0) is 43.1 Å². The van der Waals surface area contributed by atoms with Gasteiger partial charge in [0.2, 0.25) is 5.91 Å². The van der Waals surface area contributed by atoms with E-state index in [1.807, 2.05) is 24.3 Å². The van der Waals surface area contributed by atoms with Crippen LogP contribution in [-0.4, -0.2) is 78.5 Å². The highest BCUT2D eigenvalue weighted by Gasteiger charge is 2.55. The molecule has 250 valence electrons. The molecular weight excluding hydrogens is 616 g/mol. The van der Waals surface area contributed by atoms with Crippen LogP contribution in [0.25, 0.3) is 6.08 Å². The average molecular weight is 655 g/mol. The maximum absolute atomic E-state index is 13.5. The summed E-state index contributed by atoms with van der Waals surface area (Å²) in [5, 5.41) is 23.4. The number of carbonyl (C=O) groups is 3. The monoisotopic (exact) mass is 654 g/mol. The zero-order valence-corrected chi connectivity index (χ0v) is 26.3. The molecule has 1 heterocycles. The van der Waals surface area contributed by atoms with Crippen molar-refractivity contribution in [2.75, 3.05) is 26.4 Å². The van der Waals surface area contributed by atoms with E-state index in [-0.39, 0.29) is 51.1 Å². The maximum atomic E-state index is 13.5. The second kappa shape index (κ2) is 15.0. The molecule has 11 nitrogen and oxygen atoms in total. The van der Waals surface area contributed by atoms with E-state index < -0.39 is 30.1 Å². The van der Waals surface area contributed by atoms with Crippen LogP contribution in [0.4, 0.5) is 0 Å². The van der Waals surface area contributed by atoms with Crippen molar-refractivity contribution in [2.24, 2.45) is 0 Å². The van der Waals surface area contributed by atoms with E-state index in [9.17, 15) is 14.4 Å². The number of esters is 1. The number of aliphatic hydroxyl groups excluding tert-OH is 2. The summed E-state index contributed by atoms with van der Waals surface area (Å²) in [6, 6.07) is 21.7. The summed E-state index contributed by atoms with van der Waals surface area (Å²) >= 11 is 0. The number of nitrogens with one attached hydrogen (secondary N) is 2. The van der Waals surface area contributed by atoms with Crippen molar-refractivity contribution < 1.29 is 43.5 Å². The van der Waals surface area contributed by atoms with Crippen molar-refractivity contribution in [1.82, 2.24) is 10.6 Å². The Morgan fingerprint density at radius 2 is 1.65 bits per heavy atom. The Balaban J connectivity index is 1.17. The Morgan fingerprint density at radius 3 is 2.38 bits per heavy atom. The molecule has 3 aromatic carbocycles. The van der Waals surface area contributed by atoms with Crippen molar-refractivity contribution in [3.8, 4) is 0 Å². The van der Waals surface area contributed by atoms with E-state index in [0.29, 0.717) is 29.5 Å². The van der Waals surface area contributed by atoms with E-state index in [2.05, 4.69) is 10.6 Å². The lowest BCUT2D eigenvalue weighted by Gasteiger charge is -2.30. The van der Waals surface area contributed by atoms with Gasteiger partial charge in [0.1, 0.15) is 24.9 Å². The number of hydrogen-bond donors (Lipinski definition) is 4. The molecule has 1 saturated heterocycles. The van der Waals surface area contributed by atoms with Crippen LogP contribution in [0.15, 0.2) is 90.7 Å². The zero-order chi connectivity index (χ0) is 33.5. The van der Waals surface area contributed by atoms with Crippen molar-refractivity contribution in [3.05, 3.63) is 124 Å². The molecule has 3 unspecified atom stereocenters. The molecule has 3 aliphatic rings. The van der Waals surface area contributed by atoms with Gasteiger partial charge in [-0.25, -0.2) is 4.79 Å². The van der Waals surface area contributed by atoms with E-state index in [1.54, 1.807) is 60.7 Å². The van der Waals surface area contributed by atoms with Gasteiger partial charge in [-0.05, 0) is 58.7 Å². The van der Waals surface area contributed by atoms with Gasteiger partial charge in [0.05, 0.1) is 25.0 Å². The largest absolute Gasteiger partial charge is 0.499 e. The molecular formula is C37H38N2O9. The van der Waals surface area contributed by atoms with Crippen LogP contribution in [0, 0.1) is 0 Å². The predicted molar refractivity (Wildman–Crippen MR) is 174 cm³/mol. The molecule has 11 heteroatoms. The molecule has 4 N–H and O–H groups in total. The van der Waals surface area contributed by atoms with Crippen molar-refractivity contribution in [3.63, 3.8) is 0 Å². The number of rotatable bonds is 12. The quantitative estimate of drug-likeness (QED) is 0.131. The van der Waals surface area contributed by atoms with Crippen LogP contribution in [0.5, 0.6) is 0 Å². The summed E-state index contributed by atoms with van der Waals surface area (Å²) in [4.78, 5) is 39.2. The lowest BCUT2D eigenvalue weighted by Crippen LogP contribution is -2.43. The molecule has 1 fully saturated rings. The molecule has 2 amide bonds. The number of benzene rings is 3. The number of hydrogen-bond acceptors (Lipinski definition) is 9. The van der Waals surface area contributed by atoms with Gasteiger partial charge < -0.3 is 39.8 Å². The Labute approximate surface area is 278 Å². The third-order valence-corrected chi connectivity index (χ3v) is 8.52. The summed E-state index contributed by atoms with van der Waals surface area (Å²) in [6.45, 7) is 0.254. The summed E-state index contributed by atoms with van der Waals surface area (Å²) in [6.07, 6.45) is 4.16. The molecule has 48 heavy (non-hydrogen) atoms. The summed E-state index contributed by atoms with van der Waals surface area (Å²) in [7, 11) is 0. The van der Waals surface area contributed by atoms with E-state index in [4.69, 9.17) is 29.2 Å². The second-order valence-electron chi connectivity index (χ2n) is 11.9. The zero-order valence-electron chi connectivity index (χ0n) is 26.3. The first-order valence-electron chi connectivity index (χ1n) is 16.0. The minimum Gasteiger partial charge on any atom is -0.499 e. The fraction of sp³-hybridized carbons (Fsp3) is 0.324. The third-order valence-electron chi connectivity index (χ3n) is 8.52. The van der Waals surface area contributed by atoms with Gasteiger partial charge in [-0.1, -0.05) is 48.5 Å². The minimum absolute atomic E-state index is 0.0831. The highest BCUT2D eigenvalue weighted by atomic mass is 16.8. The number of aliphatic hydroxyl groups is 2. The predicted octanol–water partition coefficient (Wildman–Crippen LogP) is 2.84. The number of fused-ring (bicyclic) bond motifs is 2. The lowest BCUT2D eigenvalue weighted by molar-refractivity contribution is -0.172. The second-order valence-corrected chi connectivity index (χ2v) is 11.9. The van der Waals surface area contributed by atoms with Gasteiger partial charge in [-0.15, -0.1) is 0 Å². The van der Waals surface area contributed by atoms with Crippen molar-refractivity contribution in [2.45, 2.75) is 49.9 Å². The molecule has 0 saturated carbocycles. The van der Waals surface area contributed by atoms with Gasteiger partial charge in [0.15, 0.2) is 5.79 Å². The van der Waals surface area contributed by atoms with E-state index in [0.717, 1.165) is 22.3 Å². The summed E-state index contributed by atoms with van der Waals surface area (Å²) in [5.41, 5.74) is 4.95. The van der Waals surface area contributed by atoms with Gasteiger partial charge in [-0.3, -0.25) is 9.59 Å². The fourth-order valence-corrected chi connectivity index (χ4v) is 6.24. The maximum Gasteiger partial charge on any atom is 0.338 e. The Kier molecular flexibility index (Phi) is 10.3. The van der Waals surface area contributed by atoms with Crippen LogP contribution in [0.2, 0.25) is 0 Å². The normalized spacial score (nSPS) is 20.5. The molecule has 0 aromatic heterocycles. The smallest absolute Gasteiger partial charge is 0.338 e. The number of ether oxygens (including phenoxy) is 4. The van der Waals surface area contributed by atoms with Gasteiger partial charge in [0, 0.05) is 43.5 Å². The minimum atomic E-state index is -0.921. The van der Waals surface area contributed by atoms with Gasteiger partial charge >= 0.3 is 5.97 Å². The molecule has 0 bridgehead atoms. The van der Waals surface area contributed by atoms with Gasteiger partial charge in [-0.2, -0.15) is 0 Å². The average Bonchev–Trinajstić information content (AvgIpc) is 3.66. The first-order chi connectivity index (χ1) is 23.4. The van der Waals surface area contributed by atoms with Gasteiger partial charge in [0.25, 0.3) is 5.91 Å². The molecule has 0 radical (unpaired) electrons. The SMILES string of the molecule is O=C(NCc1cccc(C(=O)NCCO)c1)C1=CC2OC3(Cc4ccccc4C3)OC2C(OC(=O)c2ccc(C=COCCO)cc2)C1. The van der Waals surface area contributed by atoms with E-state index in [1.165, 1.54) is 6.26 Å². The number of amides is 2. The first kappa shape index (κ1) is 33.1. The fourth-order valence-electron chi connectivity index (χ4n) is 6.24. The Hall–Kier alpha value is -4.81. The topological polar surface area (TPSA) is 153 Å². The summed E-state index contributed by atoms with van der Waals surface area (Å²) < 4.78 is 24.3. The lowest BCUT2D eigenvalue weighted by atomic mass is 9.91. The highest BCUT2D eigenvalue weighted by molar-refractivity contribution is 5.95. The molecule has 1 spiro atoms. The van der Waals surface area contributed by atoms with Crippen molar-refractivity contribution in [1.29, 1.82) is 0 Å². The molecule has 6 rings (SSSR count). The first-order valence-corrected chi connectivity index (χ1v) is 16.0. The third kappa shape index (κ3) is 7.66. The molecule has 2 aliphatic carbocycles. The Morgan fingerprint density at radius 1 is 0.875 bits per heavy atom. The Bertz CT molecular complexity index is 1680. The standard InChI is InChI=1S/C37H38N2O9/c40-14-13-38-34(42)27-7-3-4-25(18-27)23-39-35(43)30-19-31(46-36(44)26-10-8-24(9-11-26)12-16-45-17-15-41)33-32(20-30)47-37(48-33)21-28-5-1-2-6-29(28)22-37/h1-12,16,18,20,31-33,40-41H,13-15,17,19,21-23H2,(H,38,42)(H,39,43). The van der Waals surface area contributed by atoms with Crippen LogP contribution >= 0.6 is 0 Å². The van der Waals surface area contributed by atoms with Crippen LogP contribution in [0.3, 0.4) is 0 Å². The van der Waals surface area contributed by atoms with E-state index >= 15 is 0 Å². The van der Waals surface area contributed by atoms with Crippen LogP contribution < -0.4 is 10.6 Å². The molecule has 3 aromatic rings. The number of carbonyl (C=O) groups excluding carboxylic acids is 3. The molecule has 3 atom stereocenters. The highest BCUT2D eigenvalue weighted by Crippen LogP contribution is 2.45. The van der Waals surface area contributed by atoms with Crippen LogP contribution in [0.1, 0.15) is 49.4 Å².